The molecule has 2 fully saturated rings. The fourth-order valence-corrected chi connectivity index (χ4v) is 4.31. The number of nitrogens with zero attached hydrogens (tertiary/aromatic N) is 1. The normalized spacial score (nSPS) is 29.8. The molecular formula is C19H18Cl2N2O3. The van der Waals surface area contributed by atoms with E-state index in [4.69, 9.17) is 27.9 Å². The molecule has 0 aliphatic carbocycles. The van der Waals surface area contributed by atoms with Crippen molar-refractivity contribution < 1.29 is 14.6 Å². The second-order valence-electron chi connectivity index (χ2n) is 6.84. The van der Waals surface area contributed by atoms with Gasteiger partial charge in [-0.1, -0.05) is 23.2 Å². The molecule has 5 atom stereocenters. The number of benzene rings is 1. The highest BCUT2D eigenvalue weighted by Gasteiger charge is 2.56. The van der Waals surface area contributed by atoms with Crippen molar-refractivity contribution in [2.24, 2.45) is 5.92 Å². The van der Waals surface area contributed by atoms with E-state index in [9.17, 15) is 9.90 Å². The average molecular weight is 393 g/mol. The molecule has 2 aliphatic rings. The van der Waals surface area contributed by atoms with Crippen LogP contribution in [0.3, 0.4) is 0 Å². The summed E-state index contributed by atoms with van der Waals surface area (Å²) in [6.45, 7) is 1.90. The van der Waals surface area contributed by atoms with E-state index in [1.165, 1.54) is 0 Å². The van der Waals surface area contributed by atoms with Gasteiger partial charge in [0.2, 0.25) is 5.91 Å². The number of aliphatic hydroxyl groups excluding tert-OH is 1. The number of carbonyl (C=O) groups is 1. The Morgan fingerprint density at radius 1 is 1.27 bits per heavy atom. The third-order valence-corrected chi connectivity index (χ3v) is 5.86. The first kappa shape index (κ1) is 17.7. The molecule has 1 amide bonds. The van der Waals surface area contributed by atoms with E-state index in [1.54, 1.807) is 24.4 Å². The molecule has 3 heterocycles. The van der Waals surface area contributed by atoms with Gasteiger partial charge in [0.15, 0.2) is 0 Å². The monoisotopic (exact) mass is 392 g/mol. The number of aliphatic hydroxyl groups is 1. The van der Waals surface area contributed by atoms with Gasteiger partial charge in [-0.2, -0.15) is 0 Å². The minimum atomic E-state index is -0.563. The largest absolute Gasteiger partial charge is 0.390 e. The molecule has 1 aromatic heterocycles. The summed E-state index contributed by atoms with van der Waals surface area (Å²) in [5.74, 6) is -0.755. The van der Waals surface area contributed by atoms with Crippen molar-refractivity contribution in [3.05, 3.63) is 57.8 Å². The van der Waals surface area contributed by atoms with Crippen LogP contribution >= 0.6 is 23.2 Å². The summed E-state index contributed by atoms with van der Waals surface area (Å²) in [7, 11) is 0. The van der Waals surface area contributed by atoms with Crippen LogP contribution in [0, 0.1) is 12.8 Å². The van der Waals surface area contributed by atoms with Crippen molar-refractivity contribution >= 4 is 34.8 Å². The van der Waals surface area contributed by atoms with Gasteiger partial charge in [-0.05, 0) is 42.8 Å². The third kappa shape index (κ3) is 3.09. The second kappa shape index (κ2) is 6.82. The number of pyridine rings is 1. The Morgan fingerprint density at radius 3 is 2.81 bits per heavy atom. The van der Waals surface area contributed by atoms with Gasteiger partial charge in [-0.15, -0.1) is 0 Å². The molecule has 5 nitrogen and oxygen atoms in total. The smallest absolute Gasteiger partial charge is 0.230 e. The molecule has 7 heteroatoms. The lowest BCUT2D eigenvalue weighted by Gasteiger charge is -2.30. The quantitative estimate of drug-likeness (QED) is 0.837. The van der Waals surface area contributed by atoms with Gasteiger partial charge in [-0.3, -0.25) is 9.78 Å². The molecule has 2 bridgehead atoms. The second-order valence-corrected chi connectivity index (χ2v) is 7.66. The van der Waals surface area contributed by atoms with Crippen LogP contribution in [0.4, 0.5) is 5.69 Å². The predicted molar refractivity (Wildman–Crippen MR) is 99.6 cm³/mol. The van der Waals surface area contributed by atoms with Gasteiger partial charge in [-0.25, -0.2) is 0 Å². The summed E-state index contributed by atoms with van der Waals surface area (Å²) < 4.78 is 5.93. The highest BCUT2D eigenvalue weighted by molar-refractivity contribution is 6.42. The molecule has 136 valence electrons. The number of hydrogen-bond donors (Lipinski definition) is 2. The fourth-order valence-electron chi connectivity index (χ4n) is 4.01. The zero-order chi connectivity index (χ0) is 18.4. The molecule has 2 aromatic rings. The Morgan fingerprint density at radius 2 is 2.08 bits per heavy atom. The fraction of sp³-hybridized carbons (Fsp3) is 0.368. The summed E-state index contributed by atoms with van der Waals surface area (Å²) in [5, 5.41) is 14.0. The maximum absolute atomic E-state index is 13.0. The number of aryl methyl sites for hydroxylation is 1. The highest BCUT2D eigenvalue weighted by Crippen LogP contribution is 2.49. The van der Waals surface area contributed by atoms with Crippen LogP contribution in [-0.2, 0) is 9.53 Å². The number of aromatic nitrogens is 1. The van der Waals surface area contributed by atoms with Gasteiger partial charge < -0.3 is 15.2 Å². The molecule has 0 unspecified atom stereocenters. The topological polar surface area (TPSA) is 71.5 Å². The van der Waals surface area contributed by atoms with Crippen LogP contribution in [0.1, 0.15) is 23.6 Å². The third-order valence-electron chi connectivity index (χ3n) is 5.12. The van der Waals surface area contributed by atoms with Crippen LogP contribution in [-0.4, -0.2) is 34.3 Å². The number of amides is 1. The Balaban J connectivity index is 1.62. The number of hydrogen-bond acceptors (Lipinski definition) is 4. The van der Waals surface area contributed by atoms with Crippen LogP contribution in [0.15, 0.2) is 36.5 Å². The van der Waals surface area contributed by atoms with Crippen LogP contribution in [0.25, 0.3) is 0 Å². The lowest BCUT2D eigenvalue weighted by molar-refractivity contribution is -0.121. The maximum Gasteiger partial charge on any atom is 0.230 e. The SMILES string of the molecule is Cc1cc([C@H]2[C@H]3O[C@H](C[C@H]3O)[C@@H]2C(=O)Nc2ccc(Cl)c(Cl)c2)ccn1. The Labute approximate surface area is 161 Å². The molecule has 1 aromatic carbocycles. The standard InChI is InChI=1S/C19H18Cl2N2O3/c1-9-6-10(4-5-22-9)16-17(15-8-14(24)18(16)26-15)19(25)23-11-2-3-12(20)13(21)7-11/h2-7,14-18,24H,8H2,1H3,(H,23,25)/t14-,15-,16-,17+,18+/m1/s1. The number of ether oxygens (including phenoxy) is 1. The van der Waals surface area contributed by atoms with Crippen LogP contribution < -0.4 is 5.32 Å². The number of halogens is 2. The molecule has 0 spiro atoms. The molecule has 26 heavy (non-hydrogen) atoms. The minimum Gasteiger partial charge on any atom is -0.390 e. The Kier molecular flexibility index (Phi) is 4.65. The molecule has 2 aliphatic heterocycles. The first-order valence-electron chi connectivity index (χ1n) is 8.46. The highest BCUT2D eigenvalue weighted by atomic mass is 35.5. The molecule has 2 saturated heterocycles. The molecule has 0 radical (unpaired) electrons. The number of nitrogens with one attached hydrogen (secondary N) is 1. The molecule has 2 N–H and O–H groups in total. The van der Waals surface area contributed by atoms with Gasteiger partial charge in [0.1, 0.15) is 0 Å². The van der Waals surface area contributed by atoms with E-state index < -0.39 is 6.10 Å². The predicted octanol–water partition coefficient (Wildman–Crippen LogP) is 3.57. The first-order chi connectivity index (χ1) is 12.4. The van der Waals surface area contributed by atoms with E-state index in [-0.39, 0.29) is 30.0 Å². The van der Waals surface area contributed by atoms with Crippen LogP contribution in [0.2, 0.25) is 10.0 Å². The van der Waals surface area contributed by atoms with Crippen molar-refractivity contribution in [1.29, 1.82) is 0 Å². The summed E-state index contributed by atoms with van der Waals surface area (Å²) in [6.07, 6.45) is 0.928. The maximum atomic E-state index is 13.0. The summed E-state index contributed by atoms with van der Waals surface area (Å²) in [4.78, 5) is 17.2. The zero-order valence-electron chi connectivity index (χ0n) is 14.0. The summed E-state index contributed by atoms with van der Waals surface area (Å²) in [6, 6.07) is 8.80. The van der Waals surface area contributed by atoms with Crippen molar-refractivity contribution in [3.8, 4) is 0 Å². The van der Waals surface area contributed by atoms with Crippen LogP contribution in [0.5, 0.6) is 0 Å². The van der Waals surface area contributed by atoms with Crippen molar-refractivity contribution in [1.82, 2.24) is 4.98 Å². The van der Waals surface area contributed by atoms with E-state index in [2.05, 4.69) is 10.3 Å². The molecule has 4 rings (SSSR count). The van der Waals surface area contributed by atoms with Gasteiger partial charge >= 0.3 is 0 Å². The lowest BCUT2D eigenvalue weighted by atomic mass is 9.74. The lowest BCUT2D eigenvalue weighted by Crippen LogP contribution is -2.41. The number of carbonyl (C=O) groups excluding carboxylic acids is 1. The number of anilines is 1. The van der Waals surface area contributed by atoms with E-state index in [1.807, 2.05) is 19.1 Å². The van der Waals surface area contributed by atoms with Crippen molar-refractivity contribution in [2.45, 2.75) is 37.6 Å². The van der Waals surface area contributed by atoms with E-state index in [0.717, 1.165) is 11.3 Å². The number of fused-ring (bicyclic) bond motifs is 2. The zero-order valence-corrected chi connectivity index (χ0v) is 15.5. The van der Waals surface area contributed by atoms with Gasteiger partial charge in [0, 0.05) is 29.9 Å². The average Bonchev–Trinajstić information content (AvgIpc) is 3.15. The minimum absolute atomic E-state index is 0.151. The van der Waals surface area contributed by atoms with Gasteiger partial charge in [0.05, 0.1) is 34.3 Å². The summed E-state index contributed by atoms with van der Waals surface area (Å²) >= 11 is 12.0. The van der Waals surface area contributed by atoms with Gasteiger partial charge in [0.25, 0.3) is 0 Å². The first-order valence-corrected chi connectivity index (χ1v) is 9.21. The van der Waals surface area contributed by atoms with Crippen molar-refractivity contribution in [2.75, 3.05) is 5.32 Å². The summed E-state index contributed by atoms with van der Waals surface area (Å²) in [5.41, 5.74) is 2.40. The van der Waals surface area contributed by atoms with E-state index >= 15 is 0 Å². The Hall–Kier alpha value is -1.66. The Bertz CT molecular complexity index is 860. The molecule has 0 saturated carbocycles. The molecular weight excluding hydrogens is 375 g/mol. The number of rotatable bonds is 3. The van der Waals surface area contributed by atoms with E-state index in [0.29, 0.717) is 22.2 Å². The van der Waals surface area contributed by atoms with Crippen molar-refractivity contribution in [3.63, 3.8) is 0 Å².